The molecule has 1 aliphatic heterocycles. The van der Waals surface area contributed by atoms with Crippen molar-refractivity contribution in [2.75, 3.05) is 18.7 Å². The van der Waals surface area contributed by atoms with E-state index in [2.05, 4.69) is 21.0 Å². The van der Waals surface area contributed by atoms with Crippen molar-refractivity contribution in [2.45, 2.75) is 6.92 Å². The molecule has 11 heteroatoms. The number of nitrogens with zero attached hydrogens (tertiary/aromatic N) is 3. The van der Waals surface area contributed by atoms with Gasteiger partial charge in [0.05, 0.1) is 33.5 Å². The molecule has 0 saturated heterocycles. The fourth-order valence-corrected chi connectivity index (χ4v) is 3.41. The van der Waals surface area contributed by atoms with Crippen LogP contribution in [-0.2, 0) is 9.59 Å². The summed E-state index contributed by atoms with van der Waals surface area (Å²) in [5, 5.41) is 25.1. The van der Waals surface area contributed by atoms with Gasteiger partial charge in [0.1, 0.15) is 0 Å². The zero-order valence-electron chi connectivity index (χ0n) is 16.4. The van der Waals surface area contributed by atoms with Crippen LogP contribution in [0.4, 0.5) is 11.4 Å². The lowest BCUT2D eigenvalue weighted by molar-refractivity contribution is -0.384. The van der Waals surface area contributed by atoms with Crippen LogP contribution < -0.4 is 14.5 Å². The Labute approximate surface area is 184 Å². The number of carbonyl (C=O) groups excluding carboxylic acids is 1. The zero-order chi connectivity index (χ0) is 22.7. The number of hydrazone groups is 1. The number of nitro benzene ring substituents is 1. The van der Waals surface area contributed by atoms with Crippen LogP contribution in [0.15, 0.2) is 51.5 Å². The van der Waals surface area contributed by atoms with Crippen molar-refractivity contribution in [3.05, 3.63) is 62.1 Å². The van der Waals surface area contributed by atoms with Gasteiger partial charge in [0.2, 0.25) is 0 Å². The van der Waals surface area contributed by atoms with Gasteiger partial charge in [-0.2, -0.15) is 10.1 Å². The summed E-state index contributed by atoms with van der Waals surface area (Å²) in [7, 11) is 1.41. The lowest BCUT2D eigenvalue weighted by atomic mass is 10.1. The van der Waals surface area contributed by atoms with Gasteiger partial charge in [-0.15, -0.1) is 0 Å². The number of benzene rings is 2. The van der Waals surface area contributed by atoms with Gasteiger partial charge < -0.3 is 14.6 Å². The molecule has 1 amide bonds. The van der Waals surface area contributed by atoms with Gasteiger partial charge in [0, 0.05) is 12.1 Å². The van der Waals surface area contributed by atoms with E-state index in [4.69, 9.17) is 14.6 Å². The molecule has 2 aromatic rings. The maximum Gasteiger partial charge on any atom is 0.341 e. The Bertz CT molecular complexity index is 1130. The molecule has 2 aromatic carbocycles. The number of carboxylic acids is 1. The Morgan fingerprint density at radius 2 is 2.00 bits per heavy atom. The molecule has 0 spiro atoms. The standard InChI is InChI=1S/C20H16BrN3O7/c1-11-15(20(27)23(22-11)13-3-5-14(6-4-13)24(28)29)7-12-8-16(21)19(17(9-12)30-2)31-10-18(25)26/h3-9H,10H2,1-2H3,(H,25,26)/b15-7-. The molecule has 0 unspecified atom stereocenters. The Kier molecular flexibility index (Phi) is 6.35. The Morgan fingerprint density at radius 3 is 2.58 bits per heavy atom. The number of ether oxygens (including phenoxy) is 2. The maximum atomic E-state index is 12.9. The fourth-order valence-electron chi connectivity index (χ4n) is 2.84. The summed E-state index contributed by atoms with van der Waals surface area (Å²) in [5.41, 5.74) is 1.69. The van der Waals surface area contributed by atoms with Crippen molar-refractivity contribution < 1.29 is 29.1 Å². The number of nitro groups is 1. The average Bonchev–Trinajstić information content (AvgIpc) is 3.00. The highest BCUT2D eigenvalue weighted by molar-refractivity contribution is 9.10. The number of non-ortho nitro benzene ring substituents is 1. The van der Waals surface area contributed by atoms with Crippen LogP contribution >= 0.6 is 15.9 Å². The van der Waals surface area contributed by atoms with Gasteiger partial charge in [-0.05, 0) is 58.8 Å². The average molecular weight is 490 g/mol. The van der Waals surface area contributed by atoms with Crippen LogP contribution in [0, 0.1) is 10.1 Å². The Morgan fingerprint density at radius 1 is 1.32 bits per heavy atom. The van der Waals surface area contributed by atoms with Crippen LogP contribution in [0.5, 0.6) is 11.5 Å². The molecule has 0 atom stereocenters. The first-order valence-electron chi connectivity index (χ1n) is 8.79. The highest BCUT2D eigenvalue weighted by Gasteiger charge is 2.29. The van der Waals surface area contributed by atoms with Crippen molar-refractivity contribution >= 4 is 51.0 Å². The SMILES string of the molecule is COc1cc(/C=C2\C(=O)N(c3ccc([N+](=O)[O-])cc3)N=C2C)cc(Br)c1OCC(=O)O. The quantitative estimate of drug-likeness (QED) is 0.356. The zero-order valence-corrected chi connectivity index (χ0v) is 18.0. The third kappa shape index (κ3) is 4.72. The number of anilines is 1. The molecule has 10 nitrogen and oxygen atoms in total. The van der Waals surface area contributed by atoms with E-state index in [0.717, 1.165) is 0 Å². The summed E-state index contributed by atoms with van der Waals surface area (Å²) in [5.74, 6) is -1.01. The minimum absolute atomic E-state index is 0.0889. The molecule has 0 fully saturated rings. The maximum absolute atomic E-state index is 12.9. The van der Waals surface area contributed by atoms with Crippen molar-refractivity contribution in [1.82, 2.24) is 0 Å². The second kappa shape index (κ2) is 8.96. The van der Waals surface area contributed by atoms with E-state index in [9.17, 15) is 19.7 Å². The highest BCUT2D eigenvalue weighted by Crippen LogP contribution is 2.37. The number of halogens is 1. The monoisotopic (exact) mass is 489 g/mol. The third-order valence-corrected chi connectivity index (χ3v) is 4.86. The Balaban J connectivity index is 1.90. The second-order valence-electron chi connectivity index (χ2n) is 6.35. The molecule has 0 bridgehead atoms. The van der Waals surface area contributed by atoms with Gasteiger partial charge in [-0.3, -0.25) is 14.9 Å². The molecule has 0 saturated carbocycles. The van der Waals surface area contributed by atoms with Gasteiger partial charge in [-0.25, -0.2) is 4.79 Å². The van der Waals surface area contributed by atoms with Gasteiger partial charge >= 0.3 is 5.97 Å². The molecule has 31 heavy (non-hydrogen) atoms. The summed E-state index contributed by atoms with van der Waals surface area (Å²) in [4.78, 5) is 34.0. The highest BCUT2D eigenvalue weighted by atomic mass is 79.9. The van der Waals surface area contributed by atoms with E-state index in [1.54, 1.807) is 25.1 Å². The minimum Gasteiger partial charge on any atom is -0.493 e. The Hall–Kier alpha value is -3.73. The van der Waals surface area contributed by atoms with E-state index in [1.165, 1.54) is 36.4 Å². The smallest absolute Gasteiger partial charge is 0.341 e. The van der Waals surface area contributed by atoms with Crippen LogP contribution in [0.1, 0.15) is 12.5 Å². The first kappa shape index (κ1) is 22.0. The fraction of sp³-hybridized carbons (Fsp3) is 0.150. The number of methoxy groups -OCH3 is 1. The summed E-state index contributed by atoms with van der Waals surface area (Å²) in [6.07, 6.45) is 1.61. The molecule has 0 radical (unpaired) electrons. The van der Waals surface area contributed by atoms with Crippen LogP contribution in [0.3, 0.4) is 0 Å². The number of carbonyl (C=O) groups is 2. The van der Waals surface area contributed by atoms with Crippen molar-refractivity contribution in [1.29, 1.82) is 0 Å². The number of hydrogen-bond acceptors (Lipinski definition) is 7. The van der Waals surface area contributed by atoms with Crippen LogP contribution in [0.25, 0.3) is 6.08 Å². The van der Waals surface area contributed by atoms with E-state index >= 15 is 0 Å². The second-order valence-corrected chi connectivity index (χ2v) is 7.20. The third-order valence-electron chi connectivity index (χ3n) is 4.27. The first-order chi connectivity index (χ1) is 14.7. The minimum atomic E-state index is -1.13. The number of hydrogen-bond donors (Lipinski definition) is 1. The summed E-state index contributed by atoms with van der Waals surface area (Å²) < 4.78 is 11.0. The summed E-state index contributed by atoms with van der Waals surface area (Å²) in [6.45, 7) is 1.13. The molecule has 1 N–H and O–H groups in total. The summed E-state index contributed by atoms with van der Waals surface area (Å²) >= 11 is 3.33. The number of rotatable bonds is 7. The predicted molar refractivity (Wildman–Crippen MR) is 115 cm³/mol. The molecule has 160 valence electrons. The van der Waals surface area contributed by atoms with Gasteiger partial charge in [0.15, 0.2) is 18.1 Å². The largest absolute Gasteiger partial charge is 0.493 e. The first-order valence-corrected chi connectivity index (χ1v) is 9.59. The molecular formula is C20H16BrN3O7. The predicted octanol–water partition coefficient (Wildman–Crippen LogP) is 3.64. The van der Waals surface area contributed by atoms with Gasteiger partial charge in [0.25, 0.3) is 11.6 Å². The molecule has 3 rings (SSSR count). The van der Waals surface area contributed by atoms with E-state index in [-0.39, 0.29) is 17.2 Å². The molecule has 0 aliphatic carbocycles. The van der Waals surface area contributed by atoms with Crippen molar-refractivity contribution in [2.24, 2.45) is 5.10 Å². The number of aliphatic carboxylic acids is 1. The van der Waals surface area contributed by atoms with Crippen LogP contribution in [-0.4, -0.2) is 41.3 Å². The molecule has 0 aromatic heterocycles. The lowest BCUT2D eigenvalue weighted by Gasteiger charge is -2.13. The molecular weight excluding hydrogens is 474 g/mol. The van der Waals surface area contributed by atoms with Crippen molar-refractivity contribution in [3.63, 3.8) is 0 Å². The lowest BCUT2D eigenvalue weighted by Crippen LogP contribution is -2.21. The van der Waals surface area contributed by atoms with Gasteiger partial charge in [-0.1, -0.05) is 0 Å². The topological polar surface area (TPSA) is 132 Å². The van der Waals surface area contributed by atoms with Crippen molar-refractivity contribution in [3.8, 4) is 11.5 Å². The summed E-state index contributed by atoms with van der Waals surface area (Å²) in [6, 6.07) is 8.75. The van der Waals surface area contributed by atoms with E-state index in [1.807, 2.05) is 0 Å². The van der Waals surface area contributed by atoms with E-state index in [0.29, 0.717) is 27.0 Å². The normalized spacial score (nSPS) is 14.5. The number of carboxylic acid groups (broad SMARTS) is 1. The molecule has 1 heterocycles. The van der Waals surface area contributed by atoms with Crippen LogP contribution in [0.2, 0.25) is 0 Å². The molecule has 1 aliphatic rings. The number of amides is 1. The van der Waals surface area contributed by atoms with E-state index < -0.39 is 23.4 Å².